The first-order valence-electron chi connectivity index (χ1n) is 12.4. The molecule has 2 unspecified atom stereocenters. The Morgan fingerprint density at radius 2 is 1.88 bits per heavy atom. The first-order valence-corrected chi connectivity index (χ1v) is 15.1. The lowest BCUT2D eigenvalue weighted by atomic mass is 9.85. The highest BCUT2D eigenvalue weighted by Gasteiger charge is 2.32. The van der Waals surface area contributed by atoms with Gasteiger partial charge in [-0.05, 0) is 48.2 Å². The van der Waals surface area contributed by atoms with Crippen LogP contribution in [0, 0.1) is 5.82 Å². The molecular formula is C28H28ClFN4O4S2. The largest absolute Gasteiger partial charge is 0.497 e. The minimum atomic E-state index is -4.43. The van der Waals surface area contributed by atoms with Crippen molar-refractivity contribution in [1.29, 1.82) is 0 Å². The standard InChI is InChI=1S/C28H28ClFN4O4S2/c1-37-20-8-7-19(26(13-20)38-2)16-34(28-32-9-10-39-28)40(35,36)27-14-21(29)24(15-22(27)30)33-25-12-18-6-4-3-5-17(18)11-23(25)31/h3-10,13-15,23,25,33H,11-12,16,31H2,1-2H3. The normalized spacial score (nSPS) is 16.7. The van der Waals surface area contributed by atoms with Crippen LogP contribution in [0.4, 0.5) is 15.2 Å². The molecule has 0 saturated carbocycles. The van der Waals surface area contributed by atoms with E-state index in [9.17, 15) is 8.42 Å². The van der Waals surface area contributed by atoms with Gasteiger partial charge in [0.2, 0.25) is 0 Å². The van der Waals surface area contributed by atoms with Crippen molar-refractivity contribution in [2.24, 2.45) is 5.73 Å². The van der Waals surface area contributed by atoms with E-state index in [1.165, 1.54) is 26.0 Å². The number of nitrogens with one attached hydrogen (secondary N) is 1. The highest BCUT2D eigenvalue weighted by molar-refractivity contribution is 7.93. The van der Waals surface area contributed by atoms with E-state index in [1.54, 1.807) is 23.6 Å². The molecule has 0 spiro atoms. The summed E-state index contributed by atoms with van der Waals surface area (Å²) in [6.45, 7) is -0.156. The van der Waals surface area contributed by atoms with Crippen molar-refractivity contribution in [2.45, 2.75) is 36.4 Å². The molecule has 3 aromatic carbocycles. The van der Waals surface area contributed by atoms with Gasteiger partial charge in [-0.25, -0.2) is 22.1 Å². The molecule has 1 aromatic heterocycles. The summed E-state index contributed by atoms with van der Waals surface area (Å²) < 4.78 is 55.2. The van der Waals surface area contributed by atoms with Crippen LogP contribution in [-0.4, -0.2) is 39.7 Å². The first-order chi connectivity index (χ1) is 19.2. The number of rotatable bonds is 9. The molecule has 0 radical (unpaired) electrons. The van der Waals surface area contributed by atoms with Crippen molar-refractivity contribution < 1.29 is 22.3 Å². The predicted octanol–water partition coefficient (Wildman–Crippen LogP) is 5.25. The van der Waals surface area contributed by atoms with E-state index in [2.05, 4.69) is 10.3 Å². The molecule has 5 rings (SSSR count). The summed E-state index contributed by atoms with van der Waals surface area (Å²) in [6.07, 6.45) is 2.78. The second-order valence-corrected chi connectivity index (χ2v) is 12.5. The van der Waals surface area contributed by atoms with E-state index >= 15 is 4.39 Å². The first kappa shape index (κ1) is 28.2. The van der Waals surface area contributed by atoms with Crippen LogP contribution in [0.5, 0.6) is 11.5 Å². The van der Waals surface area contributed by atoms with Crippen LogP contribution in [0.25, 0.3) is 0 Å². The fourth-order valence-electron chi connectivity index (χ4n) is 4.79. The molecule has 3 N–H and O–H groups in total. The van der Waals surface area contributed by atoms with E-state index in [-0.39, 0.29) is 34.5 Å². The maximum absolute atomic E-state index is 15.6. The van der Waals surface area contributed by atoms with Crippen LogP contribution >= 0.6 is 22.9 Å². The van der Waals surface area contributed by atoms with Gasteiger partial charge in [-0.2, -0.15) is 0 Å². The highest BCUT2D eigenvalue weighted by Crippen LogP contribution is 2.36. The summed E-state index contributed by atoms with van der Waals surface area (Å²) in [5, 5.41) is 5.11. The number of aromatic nitrogens is 1. The number of fused-ring (bicyclic) bond motifs is 1. The van der Waals surface area contributed by atoms with Crippen LogP contribution in [0.2, 0.25) is 5.02 Å². The van der Waals surface area contributed by atoms with Crippen molar-refractivity contribution in [3.63, 3.8) is 0 Å². The number of methoxy groups -OCH3 is 2. The van der Waals surface area contributed by atoms with Gasteiger partial charge >= 0.3 is 0 Å². The van der Waals surface area contributed by atoms with E-state index in [4.69, 9.17) is 26.8 Å². The summed E-state index contributed by atoms with van der Waals surface area (Å²) in [7, 11) is -1.44. The number of hydrogen-bond donors (Lipinski definition) is 2. The predicted molar refractivity (Wildman–Crippen MR) is 156 cm³/mol. The Balaban J connectivity index is 1.46. The van der Waals surface area contributed by atoms with Crippen LogP contribution < -0.4 is 24.8 Å². The number of sulfonamides is 1. The third-order valence-corrected chi connectivity index (χ3v) is 9.88. The average molecular weight is 603 g/mol. The van der Waals surface area contributed by atoms with Gasteiger partial charge in [-0.15, -0.1) is 11.3 Å². The van der Waals surface area contributed by atoms with Gasteiger partial charge in [0.05, 0.1) is 31.5 Å². The van der Waals surface area contributed by atoms with Gasteiger partial charge < -0.3 is 20.5 Å². The third kappa shape index (κ3) is 5.60. The van der Waals surface area contributed by atoms with Crippen LogP contribution in [0.1, 0.15) is 16.7 Å². The molecule has 1 heterocycles. The van der Waals surface area contributed by atoms with E-state index in [0.29, 0.717) is 29.9 Å². The maximum Gasteiger partial charge on any atom is 0.269 e. The number of nitrogens with zero attached hydrogens (tertiary/aromatic N) is 2. The topological polar surface area (TPSA) is 107 Å². The van der Waals surface area contributed by atoms with Crippen molar-refractivity contribution in [3.05, 3.63) is 93.7 Å². The van der Waals surface area contributed by atoms with Crippen molar-refractivity contribution in [1.82, 2.24) is 4.98 Å². The molecule has 1 aliphatic rings. The average Bonchev–Trinajstić information content (AvgIpc) is 3.48. The van der Waals surface area contributed by atoms with E-state index < -0.39 is 20.7 Å². The molecule has 0 bridgehead atoms. The number of ether oxygens (including phenoxy) is 2. The van der Waals surface area contributed by atoms with E-state index in [0.717, 1.165) is 33.3 Å². The monoisotopic (exact) mass is 602 g/mol. The Bertz CT molecular complexity index is 1620. The quantitative estimate of drug-likeness (QED) is 0.269. The van der Waals surface area contributed by atoms with Gasteiger partial charge in [0.25, 0.3) is 10.0 Å². The number of nitrogens with two attached hydrogens (primary N) is 1. The third-order valence-electron chi connectivity index (χ3n) is 6.90. The molecule has 12 heteroatoms. The molecule has 40 heavy (non-hydrogen) atoms. The molecule has 0 aliphatic heterocycles. The highest BCUT2D eigenvalue weighted by atomic mass is 35.5. The number of thiazole rings is 1. The van der Waals surface area contributed by atoms with Gasteiger partial charge in [0, 0.05) is 35.3 Å². The van der Waals surface area contributed by atoms with E-state index in [1.807, 2.05) is 24.3 Å². The van der Waals surface area contributed by atoms with Crippen LogP contribution in [0.15, 0.2) is 71.1 Å². The number of hydrogen-bond acceptors (Lipinski definition) is 8. The lowest BCUT2D eigenvalue weighted by Gasteiger charge is -2.32. The fraction of sp³-hybridized carbons (Fsp3) is 0.250. The molecule has 210 valence electrons. The summed E-state index contributed by atoms with van der Waals surface area (Å²) in [4.78, 5) is 3.62. The Hall–Kier alpha value is -3.38. The summed E-state index contributed by atoms with van der Waals surface area (Å²) >= 11 is 7.66. The van der Waals surface area contributed by atoms with Crippen LogP contribution in [-0.2, 0) is 29.4 Å². The number of halogens is 2. The van der Waals surface area contributed by atoms with Gasteiger partial charge in [-0.3, -0.25) is 0 Å². The van der Waals surface area contributed by atoms with Gasteiger partial charge in [-0.1, -0.05) is 35.9 Å². The van der Waals surface area contributed by atoms with Crippen LogP contribution in [0.3, 0.4) is 0 Å². The molecule has 2 atom stereocenters. The summed E-state index contributed by atoms with van der Waals surface area (Å²) in [6, 6.07) is 14.9. The summed E-state index contributed by atoms with van der Waals surface area (Å²) in [5.41, 5.74) is 9.57. The Morgan fingerprint density at radius 3 is 2.55 bits per heavy atom. The Labute approximate surface area is 241 Å². The van der Waals surface area contributed by atoms with Crippen molar-refractivity contribution in [3.8, 4) is 11.5 Å². The zero-order chi connectivity index (χ0) is 28.4. The fourth-order valence-corrected chi connectivity index (χ4v) is 7.41. The second-order valence-electron chi connectivity index (χ2n) is 9.36. The zero-order valence-corrected chi connectivity index (χ0v) is 24.2. The second kappa shape index (κ2) is 11.6. The van der Waals surface area contributed by atoms with Crippen molar-refractivity contribution >= 4 is 43.8 Å². The number of anilines is 2. The molecule has 1 aliphatic carbocycles. The minimum absolute atomic E-state index is 0.0622. The minimum Gasteiger partial charge on any atom is -0.497 e. The smallest absolute Gasteiger partial charge is 0.269 e. The molecule has 0 amide bonds. The Kier molecular flexibility index (Phi) is 8.18. The molecule has 0 saturated heterocycles. The summed E-state index contributed by atoms with van der Waals surface area (Å²) in [5.74, 6) is 0.0193. The molecular weight excluding hydrogens is 575 g/mol. The SMILES string of the molecule is COc1ccc(CN(c2nccs2)S(=O)(=O)c2cc(Cl)c(NC3Cc4ccccc4CC3N)cc2F)c(OC)c1. The molecule has 8 nitrogen and oxygen atoms in total. The van der Waals surface area contributed by atoms with Crippen molar-refractivity contribution in [2.75, 3.05) is 23.8 Å². The Morgan fingerprint density at radius 1 is 1.12 bits per heavy atom. The molecule has 0 fully saturated rings. The zero-order valence-electron chi connectivity index (χ0n) is 21.8. The lowest BCUT2D eigenvalue weighted by molar-refractivity contribution is 0.391. The lowest BCUT2D eigenvalue weighted by Crippen LogP contribution is -2.46. The number of benzene rings is 3. The molecule has 4 aromatic rings. The van der Waals surface area contributed by atoms with Gasteiger partial charge in [0.1, 0.15) is 22.2 Å². The maximum atomic E-state index is 15.6. The van der Waals surface area contributed by atoms with Gasteiger partial charge in [0.15, 0.2) is 5.13 Å².